The number of hydrogen-bond acceptors (Lipinski definition) is 10. The molecule has 5 rings (SSSR count). The molecule has 0 bridgehead atoms. The van der Waals surface area contributed by atoms with Crippen LogP contribution in [0.2, 0.25) is 5.02 Å². The Morgan fingerprint density at radius 1 is 1.22 bits per heavy atom. The zero-order valence-electron chi connectivity index (χ0n) is 20.1. The molecule has 1 atom stereocenters. The average molecular weight is 554 g/mol. The van der Waals surface area contributed by atoms with Crippen molar-refractivity contribution in [1.82, 2.24) is 15.0 Å². The smallest absolute Gasteiger partial charge is 0.264 e. The van der Waals surface area contributed by atoms with Crippen LogP contribution in [0.4, 0.5) is 17.5 Å². The molecule has 3 aliphatic rings. The second kappa shape index (κ2) is 10.7. The second-order valence-corrected chi connectivity index (χ2v) is 12.6. The molecule has 1 aliphatic heterocycles. The van der Waals surface area contributed by atoms with E-state index in [2.05, 4.69) is 25.9 Å². The van der Waals surface area contributed by atoms with Crippen LogP contribution in [0.1, 0.15) is 39.0 Å². The number of hydrogen-bond donors (Lipinski definition) is 4. The topological polar surface area (TPSA) is 174 Å². The lowest BCUT2D eigenvalue weighted by Crippen LogP contribution is -2.48. The maximum atomic E-state index is 9.56. The van der Waals surface area contributed by atoms with Gasteiger partial charge >= 0.3 is 0 Å². The van der Waals surface area contributed by atoms with Crippen molar-refractivity contribution in [2.45, 2.75) is 55.0 Å². The molecular formula is C23H32ClN7O3S2. The summed E-state index contributed by atoms with van der Waals surface area (Å²) >= 11 is 7.58. The van der Waals surface area contributed by atoms with E-state index in [-0.39, 0.29) is 23.0 Å². The molecule has 2 aromatic rings. The number of aromatic nitrogens is 3. The zero-order valence-corrected chi connectivity index (χ0v) is 22.5. The highest BCUT2D eigenvalue weighted by Gasteiger charge is 2.47. The van der Waals surface area contributed by atoms with Gasteiger partial charge in [-0.15, -0.1) is 0 Å². The molecule has 1 saturated carbocycles. The molecule has 0 radical (unpaired) electrons. The van der Waals surface area contributed by atoms with Crippen molar-refractivity contribution in [2.75, 3.05) is 35.2 Å². The minimum atomic E-state index is -3.66. The molecule has 0 aromatic carbocycles. The Morgan fingerprint density at radius 2 is 1.89 bits per heavy atom. The molecule has 2 fully saturated rings. The first-order valence-corrected chi connectivity index (χ1v) is 14.7. The van der Waals surface area contributed by atoms with Crippen molar-refractivity contribution in [1.29, 1.82) is 0 Å². The van der Waals surface area contributed by atoms with Gasteiger partial charge in [-0.1, -0.05) is 35.0 Å². The van der Waals surface area contributed by atoms with Crippen LogP contribution in [0.3, 0.4) is 0 Å². The molecule has 2 aliphatic carbocycles. The second-order valence-electron chi connectivity index (χ2n) is 9.41. The Morgan fingerprint density at radius 3 is 2.47 bits per heavy atom. The van der Waals surface area contributed by atoms with Gasteiger partial charge in [0.2, 0.25) is 0 Å². The molecular weight excluding hydrogens is 522 g/mol. The summed E-state index contributed by atoms with van der Waals surface area (Å²) in [6.07, 6.45) is 11.7. The Balaban J connectivity index is 0.000000455. The van der Waals surface area contributed by atoms with Gasteiger partial charge in [0, 0.05) is 30.2 Å². The van der Waals surface area contributed by atoms with Gasteiger partial charge in [-0.2, -0.15) is 8.42 Å². The fourth-order valence-electron chi connectivity index (χ4n) is 4.70. The molecule has 2 aromatic heterocycles. The van der Waals surface area contributed by atoms with E-state index in [0.29, 0.717) is 15.9 Å². The largest absolute Gasteiger partial charge is 0.382 e. The Hall–Kier alpha value is -2.12. The minimum absolute atomic E-state index is 0.201. The van der Waals surface area contributed by atoms with E-state index in [4.69, 9.17) is 33.4 Å². The first kappa shape index (κ1) is 26.9. The highest BCUT2D eigenvalue weighted by Crippen LogP contribution is 2.51. The van der Waals surface area contributed by atoms with Crippen LogP contribution in [0.5, 0.6) is 0 Å². The summed E-state index contributed by atoms with van der Waals surface area (Å²) in [7, 11) is -3.66. The summed E-state index contributed by atoms with van der Waals surface area (Å²) in [6, 6.07) is 2.01. The molecule has 1 unspecified atom stereocenters. The van der Waals surface area contributed by atoms with E-state index in [1.807, 2.05) is 0 Å². The van der Waals surface area contributed by atoms with E-state index in [0.717, 1.165) is 49.0 Å². The van der Waals surface area contributed by atoms with Crippen LogP contribution in [0.25, 0.3) is 0 Å². The van der Waals surface area contributed by atoms with Gasteiger partial charge in [-0.05, 0) is 56.4 Å². The SMILES string of the molecule is CCS(=O)(=O)O.Nc1nc(N2CCC3(CC=C(C4CC4)C3N)CC2)cnc1Sc1ccnc(N)c1Cl. The summed E-state index contributed by atoms with van der Waals surface area (Å²) in [6.45, 7) is 3.22. The van der Waals surface area contributed by atoms with Gasteiger partial charge in [-0.3, -0.25) is 4.55 Å². The number of piperidine rings is 1. The standard InChI is InChI=1S/C21H26ClN7S.C2H6O3S/c22-16-14(4-8-26-18(16)24)30-20-19(25)28-15(11-27-20)29-9-6-21(7-10-29)5-3-13(17(21)23)12-1-2-12;1-2-6(3,4)5/h3-4,8,11-12,17H,1-2,5-7,9-10,23H2,(H2,24,26)(H2,25,28);2H2,1H3,(H,3,4,5). The van der Waals surface area contributed by atoms with E-state index < -0.39 is 10.1 Å². The normalized spacial score (nSPS) is 21.2. The van der Waals surface area contributed by atoms with Crippen LogP contribution < -0.4 is 22.1 Å². The minimum Gasteiger partial charge on any atom is -0.382 e. The molecule has 10 nitrogen and oxygen atoms in total. The third kappa shape index (κ3) is 6.05. The van der Waals surface area contributed by atoms with Crippen molar-refractivity contribution in [3.63, 3.8) is 0 Å². The number of allylic oxidation sites excluding steroid dienone is 1. The number of nitrogen functional groups attached to an aromatic ring is 2. The lowest BCUT2D eigenvalue weighted by Gasteiger charge is -2.43. The number of pyridine rings is 1. The summed E-state index contributed by atoms with van der Waals surface area (Å²) in [5, 5.41) is 1.01. The number of nitrogens with two attached hydrogens (primary N) is 3. The predicted molar refractivity (Wildman–Crippen MR) is 144 cm³/mol. The highest BCUT2D eigenvalue weighted by molar-refractivity contribution is 7.99. The maximum absolute atomic E-state index is 9.56. The first-order valence-electron chi connectivity index (χ1n) is 11.9. The highest BCUT2D eigenvalue weighted by atomic mass is 35.5. The fourth-order valence-corrected chi connectivity index (χ4v) is 5.71. The van der Waals surface area contributed by atoms with Crippen molar-refractivity contribution in [2.24, 2.45) is 17.1 Å². The number of anilines is 3. The predicted octanol–water partition coefficient (Wildman–Crippen LogP) is 3.39. The fraction of sp³-hybridized carbons (Fsp3) is 0.522. The Kier molecular flexibility index (Phi) is 8.01. The zero-order chi connectivity index (χ0) is 26.1. The molecule has 1 spiro atoms. The van der Waals surface area contributed by atoms with Crippen molar-refractivity contribution >= 4 is 50.9 Å². The molecule has 0 amide bonds. The van der Waals surface area contributed by atoms with Gasteiger partial charge in [0.15, 0.2) is 5.82 Å². The van der Waals surface area contributed by atoms with Crippen LogP contribution >= 0.6 is 23.4 Å². The molecule has 13 heteroatoms. The Labute approximate surface area is 220 Å². The molecule has 3 heterocycles. The van der Waals surface area contributed by atoms with E-state index >= 15 is 0 Å². The van der Waals surface area contributed by atoms with Gasteiger partial charge in [0.05, 0.1) is 17.0 Å². The van der Waals surface area contributed by atoms with Crippen molar-refractivity contribution in [3.05, 3.63) is 35.1 Å². The Bertz CT molecular complexity index is 1250. The molecule has 7 N–H and O–H groups in total. The lowest BCUT2D eigenvalue weighted by atomic mass is 9.72. The summed E-state index contributed by atoms with van der Waals surface area (Å²) in [4.78, 5) is 16.2. The van der Waals surface area contributed by atoms with E-state index in [1.54, 1.807) is 18.5 Å². The van der Waals surface area contributed by atoms with E-state index in [9.17, 15) is 8.42 Å². The summed E-state index contributed by atoms with van der Waals surface area (Å²) in [5.41, 5.74) is 20.4. The van der Waals surface area contributed by atoms with Gasteiger partial charge in [0.1, 0.15) is 16.7 Å². The third-order valence-electron chi connectivity index (χ3n) is 7.10. The van der Waals surface area contributed by atoms with E-state index in [1.165, 1.54) is 37.1 Å². The van der Waals surface area contributed by atoms with Gasteiger partial charge < -0.3 is 22.1 Å². The molecule has 36 heavy (non-hydrogen) atoms. The van der Waals surface area contributed by atoms with Crippen LogP contribution in [-0.2, 0) is 10.1 Å². The lowest BCUT2D eigenvalue weighted by molar-refractivity contribution is 0.203. The first-order chi connectivity index (χ1) is 17.0. The molecule has 1 saturated heterocycles. The number of halogens is 1. The maximum Gasteiger partial charge on any atom is 0.264 e. The van der Waals surface area contributed by atoms with Gasteiger partial charge in [0.25, 0.3) is 10.1 Å². The number of rotatable bonds is 5. The quantitative estimate of drug-likeness (QED) is 0.315. The van der Waals surface area contributed by atoms with Crippen molar-refractivity contribution in [3.8, 4) is 0 Å². The number of nitrogens with zero attached hydrogens (tertiary/aromatic N) is 4. The average Bonchev–Trinajstić information content (AvgIpc) is 3.64. The van der Waals surface area contributed by atoms with Crippen LogP contribution in [0.15, 0.2) is 40.0 Å². The summed E-state index contributed by atoms with van der Waals surface area (Å²) < 4.78 is 26.9. The molecule has 196 valence electrons. The summed E-state index contributed by atoms with van der Waals surface area (Å²) in [5.74, 6) is 2.05. The van der Waals surface area contributed by atoms with Crippen molar-refractivity contribution < 1.29 is 13.0 Å². The third-order valence-corrected chi connectivity index (χ3v) is 9.41. The van der Waals surface area contributed by atoms with Gasteiger partial charge in [-0.25, -0.2) is 15.0 Å². The van der Waals surface area contributed by atoms with Crippen LogP contribution in [0, 0.1) is 11.3 Å². The monoisotopic (exact) mass is 553 g/mol. The van der Waals surface area contributed by atoms with Crippen LogP contribution in [-0.4, -0.2) is 52.8 Å².